The van der Waals surface area contributed by atoms with Crippen molar-refractivity contribution < 1.29 is 4.79 Å². The van der Waals surface area contributed by atoms with Gasteiger partial charge >= 0.3 is 4.87 Å². The van der Waals surface area contributed by atoms with Gasteiger partial charge in [-0.05, 0) is 24.6 Å². The smallest absolute Gasteiger partial charge is 0.307 e. The molecule has 2 rings (SSSR count). The van der Waals surface area contributed by atoms with Crippen LogP contribution in [-0.4, -0.2) is 10.5 Å². The normalized spacial score (nSPS) is 10.6. The van der Waals surface area contributed by atoms with Crippen LogP contribution in [0.3, 0.4) is 0 Å². The molecule has 1 aromatic carbocycles. The number of benzene rings is 1. The Balaban J connectivity index is 1.97. The zero-order chi connectivity index (χ0) is 14.7. The second kappa shape index (κ2) is 6.43. The van der Waals surface area contributed by atoms with Crippen LogP contribution in [-0.2, 0) is 17.9 Å². The lowest BCUT2D eigenvalue weighted by molar-refractivity contribution is -0.121. The minimum Gasteiger partial charge on any atom is -0.350 e. The average molecular weight is 331 g/mol. The molecule has 0 radical (unpaired) electrons. The molecule has 0 aliphatic carbocycles. The van der Waals surface area contributed by atoms with Gasteiger partial charge in [0.15, 0.2) is 0 Å². The van der Waals surface area contributed by atoms with Gasteiger partial charge in [-0.2, -0.15) is 0 Å². The van der Waals surface area contributed by atoms with Gasteiger partial charge < -0.3 is 5.32 Å². The fourth-order valence-corrected chi connectivity index (χ4v) is 2.86. The molecule has 0 unspecified atom stereocenters. The molecule has 0 aliphatic heterocycles. The van der Waals surface area contributed by atoms with Crippen molar-refractivity contribution in [2.24, 2.45) is 0 Å². The van der Waals surface area contributed by atoms with E-state index in [9.17, 15) is 9.59 Å². The molecule has 0 spiro atoms. The number of carbonyl (C=O) groups excluding carboxylic acids is 1. The highest BCUT2D eigenvalue weighted by molar-refractivity contribution is 7.07. The van der Waals surface area contributed by atoms with Gasteiger partial charge in [-0.1, -0.05) is 40.6 Å². The molecule has 1 amide bonds. The third kappa shape index (κ3) is 3.62. The molecule has 0 aliphatic rings. The van der Waals surface area contributed by atoms with Crippen molar-refractivity contribution >= 4 is 40.4 Å². The summed E-state index contributed by atoms with van der Waals surface area (Å²) in [4.78, 5) is 23.2. The number of hydrogen-bond donors (Lipinski definition) is 1. The van der Waals surface area contributed by atoms with Crippen molar-refractivity contribution in [3.05, 3.63) is 54.5 Å². The monoisotopic (exact) mass is 330 g/mol. The standard InChI is InChI=1S/C13H12Cl2N2O2S/c1-8-7-20-13(19)17(8)6-12(18)16-5-9-2-3-10(14)4-11(9)15/h2-4,7H,5-6H2,1H3,(H,16,18). The molecule has 0 bridgehead atoms. The van der Waals surface area contributed by atoms with E-state index < -0.39 is 0 Å². The Morgan fingerprint density at radius 1 is 1.40 bits per heavy atom. The van der Waals surface area contributed by atoms with Crippen LogP contribution < -0.4 is 10.2 Å². The zero-order valence-electron chi connectivity index (χ0n) is 10.7. The number of hydrogen-bond acceptors (Lipinski definition) is 3. The van der Waals surface area contributed by atoms with Crippen LogP contribution in [0.4, 0.5) is 0 Å². The van der Waals surface area contributed by atoms with E-state index >= 15 is 0 Å². The van der Waals surface area contributed by atoms with Gasteiger partial charge in [0.1, 0.15) is 6.54 Å². The lowest BCUT2D eigenvalue weighted by Crippen LogP contribution is -2.30. The topological polar surface area (TPSA) is 51.1 Å². The van der Waals surface area contributed by atoms with E-state index in [1.165, 1.54) is 4.57 Å². The highest BCUT2D eigenvalue weighted by atomic mass is 35.5. The first-order valence-corrected chi connectivity index (χ1v) is 7.46. The van der Waals surface area contributed by atoms with Crippen LogP contribution in [0.2, 0.25) is 10.0 Å². The maximum Gasteiger partial charge on any atom is 0.307 e. The van der Waals surface area contributed by atoms with E-state index in [0.717, 1.165) is 22.6 Å². The van der Waals surface area contributed by atoms with Crippen LogP contribution in [0.25, 0.3) is 0 Å². The third-order valence-corrected chi connectivity index (χ3v) is 4.24. The molecule has 7 heteroatoms. The number of nitrogens with one attached hydrogen (secondary N) is 1. The Morgan fingerprint density at radius 3 is 2.75 bits per heavy atom. The first-order valence-electron chi connectivity index (χ1n) is 5.83. The van der Waals surface area contributed by atoms with Gasteiger partial charge in [-0.25, -0.2) is 0 Å². The van der Waals surface area contributed by atoms with Crippen LogP contribution in [0.15, 0.2) is 28.4 Å². The van der Waals surface area contributed by atoms with E-state index in [4.69, 9.17) is 23.2 Å². The van der Waals surface area contributed by atoms with Crippen molar-refractivity contribution in [1.29, 1.82) is 0 Å². The zero-order valence-corrected chi connectivity index (χ0v) is 13.0. The summed E-state index contributed by atoms with van der Waals surface area (Å²) in [7, 11) is 0. The lowest BCUT2D eigenvalue weighted by atomic mass is 10.2. The van der Waals surface area contributed by atoms with E-state index in [2.05, 4.69) is 5.32 Å². The fraction of sp³-hybridized carbons (Fsp3) is 0.231. The predicted octanol–water partition coefficient (Wildman–Crippen LogP) is 2.84. The molecule has 0 fully saturated rings. The molecule has 0 saturated heterocycles. The molecule has 1 heterocycles. The number of rotatable bonds is 4. The summed E-state index contributed by atoms with van der Waals surface area (Å²) in [5.74, 6) is -0.236. The van der Waals surface area contributed by atoms with Gasteiger partial charge in [0.25, 0.3) is 0 Å². The first kappa shape index (κ1) is 15.1. The second-order valence-corrected chi connectivity index (χ2v) is 5.91. The summed E-state index contributed by atoms with van der Waals surface area (Å²) in [6.45, 7) is 2.10. The van der Waals surface area contributed by atoms with E-state index in [-0.39, 0.29) is 17.3 Å². The number of aryl methyl sites for hydroxylation is 1. The van der Waals surface area contributed by atoms with Gasteiger partial charge in [0, 0.05) is 27.7 Å². The average Bonchev–Trinajstić information content (AvgIpc) is 2.69. The number of halogens is 2. The van der Waals surface area contributed by atoms with Crippen molar-refractivity contribution in [1.82, 2.24) is 9.88 Å². The molecular weight excluding hydrogens is 319 g/mol. The molecule has 1 aromatic heterocycles. The maximum atomic E-state index is 11.8. The maximum absolute atomic E-state index is 11.8. The number of carbonyl (C=O) groups is 1. The Bertz CT molecular complexity index is 694. The van der Waals surface area contributed by atoms with Crippen LogP contribution in [0, 0.1) is 6.92 Å². The fourth-order valence-electron chi connectivity index (χ4n) is 1.65. The molecule has 4 nitrogen and oxygen atoms in total. The summed E-state index contributed by atoms with van der Waals surface area (Å²) in [5, 5.41) is 5.51. The Kier molecular flexibility index (Phi) is 4.86. The number of aromatic nitrogens is 1. The summed E-state index contributed by atoms with van der Waals surface area (Å²) < 4.78 is 1.43. The third-order valence-electron chi connectivity index (χ3n) is 2.77. The molecule has 1 N–H and O–H groups in total. The Morgan fingerprint density at radius 2 is 2.15 bits per heavy atom. The summed E-state index contributed by atoms with van der Waals surface area (Å²) >= 11 is 12.9. The van der Waals surface area contributed by atoms with E-state index in [0.29, 0.717) is 16.6 Å². The number of amides is 1. The molecule has 2 aromatic rings. The van der Waals surface area contributed by atoms with Crippen molar-refractivity contribution in [2.45, 2.75) is 20.0 Å². The number of thiazole rings is 1. The first-order chi connectivity index (χ1) is 9.47. The van der Waals surface area contributed by atoms with Gasteiger partial charge in [0.05, 0.1) is 0 Å². The van der Waals surface area contributed by atoms with Crippen molar-refractivity contribution in [3.63, 3.8) is 0 Å². The van der Waals surface area contributed by atoms with Crippen LogP contribution in [0.1, 0.15) is 11.3 Å². The minimum absolute atomic E-state index is 0.0133. The lowest BCUT2D eigenvalue weighted by Gasteiger charge is -2.08. The van der Waals surface area contributed by atoms with Gasteiger partial charge in [-0.15, -0.1) is 0 Å². The molecule has 0 atom stereocenters. The van der Waals surface area contributed by atoms with Crippen molar-refractivity contribution in [3.8, 4) is 0 Å². The largest absolute Gasteiger partial charge is 0.350 e. The molecular formula is C13H12Cl2N2O2S. The molecule has 0 saturated carbocycles. The van der Waals surface area contributed by atoms with Gasteiger partial charge in [0.2, 0.25) is 5.91 Å². The quantitative estimate of drug-likeness (QED) is 0.937. The number of nitrogens with zero attached hydrogens (tertiary/aromatic N) is 1. The molecule has 20 heavy (non-hydrogen) atoms. The van der Waals surface area contributed by atoms with E-state index in [1.54, 1.807) is 30.5 Å². The predicted molar refractivity (Wildman–Crippen MR) is 81.6 cm³/mol. The van der Waals surface area contributed by atoms with Crippen molar-refractivity contribution in [2.75, 3.05) is 0 Å². The Hall–Kier alpha value is -1.30. The summed E-state index contributed by atoms with van der Waals surface area (Å²) in [6.07, 6.45) is 0. The summed E-state index contributed by atoms with van der Waals surface area (Å²) in [6, 6.07) is 5.09. The highest BCUT2D eigenvalue weighted by Crippen LogP contribution is 2.20. The second-order valence-electron chi connectivity index (χ2n) is 4.24. The van der Waals surface area contributed by atoms with Gasteiger partial charge in [-0.3, -0.25) is 14.2 Å². The SMILES string of the molecule is Cc1csc(=O)n1CC(=O)NCc1ccc(Cl)cc1Cl. The molecule has 106 valence electrons. The van der Waals surface area contributed by atoms with Crippen LogP contribution in [0.5, 0.6) is 0 Å². The minimum atomic E-state index is -0.236. The highest BCUT2D eigenvalue weighted by Gasteiger charge is 2.09. The summed E-state index contributed by atoms with van der Waals surface area (Å²) in [5.41, 5.74) is 1.55. The van der Waals surface area contributed by atoms with Crippen LogP contribution >= 0.6 is 34.5 Å². The van der Waals surface area contributed by atoms with E-state index in [1.807, 2.05) is 0 Å². The Labute approximate surface area is 129 Å².